The van der Waals surface area contributed by atoms with E-state index in [4.69, 9.17) is 5.73 Å². The van der Waals surface area contributed by atoms with Crippen LogP contribution in [-0.2, 0) is 11.3 Å². The van der Waals surface area contributed by atoms with Crippen molar-refractivity contribution in [1.82, 2.24) is 14.5 Å². The molecular weight excluding hydrogens is 292 g/mol. The average molecular weight is 316 g/mol. The SMILES string of the molecule is CN1CCC(c2ccc3c(c2)nc(N)n3CC(C)(C)O)CC1=O. The van der Waals surface area contributed by atoms with Crippen molar-refractivity contribution in [2.75, 3.05) is 19.3 Å². The van der Waals surface area contributed by atoms with Gasteiger partial charge in [-0.25, -0.2) is 4.98 Å². The highest BCUT2D eigenvalue weighted by atomic mass is 16.3. The summed E-state index contributed by atoms with van der Waals surface area (Å²) in [6.07, 6.45) is 1.51. The van der Waals surface area contributed by atoms with Crippen molar-refractivity contribution < 1.29 is 9.90 Å². The molecule has 6 nitrogen and oxygen atoms in total. The summed E-state index contributed by atoms with van der Waals surface area (Å²) in [4.78, 5) is 18.1. The molecule has 1 atom stereocenters. The van der Waals surface area contributed by atoms with Gasteiger partial charge in [-0.2, -0.15) is 0 Å². The zero-order valence-electron chi connectivity index (χ0n) is 13.9. The molecule has 1 amide bonds. The van der Waals surface area contributed by atoms with Gasteiger partial charge in [0, 0.05) is 20.0 Å². The smallest absolute Gasteiger partial charge is 0.222 e. The normalized spacial score (nSPS) is 19.6. The molecule has 1 aliphatic heterocycles. The molecule has 0 bridgehead atoms. The van der Waals surface area contributed by atoms with Crippen LogP contribution in [0.25, 0.3) is 11.0 Å². The highest BCUT2D eigenvalue weighted by Crippen LogP contribution is 2.31. The molecule has 3 rings (SSSR count). The Hall–Kier alpha value is -2.08. The second-order valence-corrected chi connectivity index (χ2v) is 7.12. The molecule has 1 aromatic heterocycles. The number of nitrogens with two attached hydrogens (primary N) is 1. The summed E-state index contributed by atoms with van der Waals surface area (Å²) in [5, 5.41) is 10.0. The van der Waals surface area contributed by atoms with Gasteiger partial charge in [0.2, 0.25) is 11.9 Å². The van der Waals surface area contributed by atoms with Crippen LogP contribution in [0.3, 0.4) is 0 Å². The minimum atomic E-state index is -0.860. The van der Waals surface area contributed by atoms with Crippen LogP contribution < -0.4 is 5.73 Å². The zero-order valence-corrected chi connectivity index (χ0v) is 13.9. The Kier molecular flexibility index (Phi) is 3.80. The number of imidazole rings is 1. The lowest BCUT2D eigenvalue weighted by molar-refractivity contribution is -0.132. The van der Waals surface area contributed by atoms with Gasteiger partial charge in [0.15, 0.2) is 0 Å². The molecule has 124 valence electrons. The topological polar surface area (TPSA) is 84.4 Å². The lowest BCUT2D eigenvalue weighted by Gasteiger charge is -2.29. The number of anilines is 1. The van der Waals surface area contributed by atoms with E-state index < -0.39 is 5.60 Å². The maximum atomic E-state index is 11.9. The molecule has 0 saturated carbocycles. The number of carbonyl (C=O) groups excluding carboxylic acids is 1. The lowest BCUT2D eigenvalue weighted by Crippen LogP contribution is -2.34. The molecule has 1 aliphatic rings. The first-order valence-corrected chi connectivity index (χ1v) is 7.96. The van der Waals surface area contributed by atoms with Crippen LogP contribution in [0.2, 0.25) is 0 Å². The molecule has 2 aromatic rings. The zero-order chi connectivity index (χ0) is 16.8. The predicted molar refractivity (Wildman–Crippen MR) is 90.1 cm³/mol. The first-order valence-electron chi connectivity index (χ1n) is 7.96. The van der Waals surface area contributed by atoms with Crippen molar-refractivity contribution >= 4 is 22.9 Å². The second kappa shape index (κ2) is 5.53. The third-order valence-electron chi connectivity index (χ3n) is 4.48. The van der Waals surface area contributed by atoms with Crippen molar-refractivity contribution in [3.05, 3.63) is 23.8 Å². The summed E-state index contributed by atoms with van der Waals surface area (Å²) in [5.74, 6) is 0.830. The molecule has 1 aromatic carbocycles. The van der Waals surface area contributed by atoms with Crippen molar-refractivity contribution in [3.8, 4) is 0 Å². The van der Waals surface area contributed by atoms with E-state index in [1.165, 1.54) is 0 Å². The number of amides is 1. The Morgan fingerprint density at radius 1 is 1.43 bits per heavy atom. The number of aromatic nitrogens is 2. The molecule has 3 N–H and O–H groups in total. The largest absolute Gasteiger partial charge is 0.389 e. The summed E-state index contributed by atoms with van der Waals surface area (Å²) in [7, 11) is 1.85. The van der Waals surface area contributed by atoms with Crippen LogP contribution in [0.4, 0.5) is 5.95 Å². The van der Waals surface area contributed by atoms with Gasteiger partial charge in [-0.05, 0) is 43.9 Å². The maximum Gasteiger partial charge on any atom is 0.222 e. The van der Waals surface area contributed by atoms with Crippen LogP contribution in [0.1, 0.15) is 38.2 Å². The monoisotopic (exact) mass is 316 g/mol. The average Bonchev–Trinajstić information content (AvgIpc) is 2.75. The Bertz CT molecular complexity index is 745. The Labute approximate surface area is 135 Å². The number of aliphatic hydroxyl groups is 1. The van der Waals surface area contributed by atoms with Gasteiger partial charge in [-0.3, -0.25) is 4.79 Å². The first kappa shape index (κ1) is 15.8. The number of piperidine rings is 1. The van der Waals surface area contributed by atoms with Gasteiger partial charge >= 0.3 is 0 Å². The third kappa shape index (κ3) is 3.17. The lowest BCUT2D eigenvalue weighted by atomic mass is 9.89. The molecule has 0 aliphatic carbocycles. The van der Waals surface area contributed by atoms with E-state index in [2.05, 4.69) is 4.98 Å². The number of fused-ring (bicyclic) bond motifs is 1. The van der Waals surface area contributed by atoms with E-state index in [0.717, 1.165) is 29.6 Å². The third-order valence-corrected chi connectivity index (χ3v) is 4.48. The fourth-order valence-corrected chi connectivity index (χ4v) is 3.20. The van der Waals surface area contributed by atoms with Crippen LogP contribution in [0.15, 0.2) is 18.2 Å². The van der Waals surface area contributed by atoms with E-state index in [1.54, 1.807) is 18.7 Å². The van der Waals surface area contributed by atoms with Crippen molar-refractivity contribution in [3.63, 3.8) is 0 Å². The summed E-state index contributed by atoms with van der Waals surface area (Å²) < 4.78 is 1.83. The van der Waals surface area contributed by atoms with Crippen molar-refractivity contribution in [2.24, 2.45) is 0 Å². The van der Waals surface area contributed by atoms with Gasteiger partial charge in [0.1, 0.15) is 0 Å². The molecule has 6 heteroatoms. The van der Waals surface area contributed by atoms with E-state index in [9.17, 15) is 9.90 Å². The van der Waals surface area contributed by atoms with Crippen molar-refractivity contribution in [1.29, 1.82) is 0 Å². The molecular formula is C17H24N4O2. The molecule has 0 radical (unpaired) electrons. The van der Waals surface area contributed by atoms with Gasteiger partial charge in [-0.15, -0.1) is 0 Å². The highest BCUT2D eigenvalue weighted by Gasteiger charge is 2.25. The van der Waals surface area contributed by atoms with Gasteiger partial charge in [-0.1, -0.05) is 6.07 Å². The van der Waals surface area contributed by atoms with Crippen LogP contribution in [0.5, 0.6) is 0 Å². The Morgan fingerprint density at radius 3 is 2.83 bits per heavy atom. The van der Waals surface area contributed by atoms with Crippen molar-refractivity contribution in [2.45, 2.75) is 44.8 Å². The highest BCUT2D eigenvalue weighted by molar-refractivity contribution is 5.81. The second-order valence-electron chi connectivity index (χ2n) is 7.12. The fraction of sp³-hybridized carbons (Fsp3) is 0.529. The Balaban J connectivity index is 1.93. The van der Waals surface area contributed by atoms with E-state index >= 15 is 0 Å². The first-order chi connectivity index (χ1) is 10.7. The summed E-state index contributed by atoms with van der Waals surface area (Å²) in [6, 6.07) is 6.06. The number of benzene rings is 1. The van der Waals surface area contributed by atoms with Crippen LogP contribution >= 0.6 is 0 Å². The molecule has 1 fully saturated rings. The number of hydrogen-bond donors (Lipinski definition) is 2. The summed E-state index contributed by atoms with van der Waals surface area (Å²) >= 11 is 0. The summed E-state index contributed by atoms with van der Waals surface area (Å²) in [5.41, 5.74) is 8.01. The Morgan fingerprint density at radius 2 is 2.17 bits per heavy atom. The van der Waals surface area contributed by atoms with Gasteiger partial charge in [0.05, 0.1) is 23.2 Å². The molecule has 2 heterocycles. The number of hydrogen-bond acceptors (Lipinski definition) is 4. The fourth-order valence-electron chi connectivity index (χ4n) is 3.20. The van der Waals surface area contributed by atoms with E-state index in [-0.39, 0.29) is 11.8 Å². The predicted octanol–water partition coefficient (Wildman–Crippen LogP) is 1.73. The number of carbonyl (C=O) groups is 1. The minimum Gasteiger partial charge on any atom is -0.389 e. The van der Waals surface area contributed by atoms with Gasteiger partial charge in [0.25, 0.3) is 0 Å². The molecule has 0 spiro atoms. The summed E-state index contributed by atoms with van der Waals surface area (Å²) in [6.45, 7) is 4.67. The minimum absolute atomic E-state index is 0.188. The maximum absolute atomic E-state index is 11.9. The van der Waals surface area contributed by atoms with E-state index in [1.807, 2.05) is 29.8 Å². The van der Waals surface area contributed by atoms with Crippen LogP contribution in [-0.4, -0.2) is 44.7 Å². The van der Waals surface area contributed by atoms with Crippen LogP contribution in [0, 0.1) is 0 Å². The molecule has 1 saturated heterocycles. The number of rotatable bonds is 3. The molecule has 23 heavy (non-hydrogen) atoms. The number of nitrogens with zero attached hydrogens (tertiary/aromatic N) is 3. The van der Waals surface area contributed by atoms with E-state index in [0.29, 0.717) is 18.9 Å². The quantitative estimate of drug-likeness (QED) is 0.903. The number of likely N-dealkylation sites (tertiary alicyclic amines) is 1. The standard InChI is InChI=1S/C17H24N4O2/c1-17(2,23)10-21-14-5-4-11(8-13(14)19-16(21)18)12-6-7-20(3)15(22)9-12/h4-5,8,12,23H,6-7,9-10H2,1-3H3,(H2,18,19). The molecule has 1 unspecified atom stereocenters. The number of nitrogen functional groups attached to an aromatic ring is 1. The van der Waals surface area contributed by atoms with Gasteiger partial charge < -0.3 is 20.3 Å².